The molecule has 0 atom stereocenters. The maximum absolute atomic E-state index is 11.9. The number of aliphatic hydroxyl groups is 1. The van der Waals surface area contributed by atoms with E-state index in [4.69, 9.17) is 16.2 Å². The monoisotopic (exact) mass is 464 g/mol. The van der Waals surface area contributed by atoms with Gasteiger partial charge in [-0.05, 0) is 25.5 Å². The van der Waals surface area contributed by atoms with Crippen LogP contribution < -0.4 is 21.5 Å². The van der Waals surface area contributed by atoms with Crippen molar-refractivity contribution in [1.82, 2.24) is 15.0 Å². The second-order valence-electron chi connectivity index (χ2n) is 8.14. The van der Waals surface area contributed by atoms with Gasteiger partial charge in [0.1, 0.15) is 22.1 Å². The Hall–Kier alpha value is -3.76. The van der Waals surface area contributed by atoms with Crippen LogP contribution in [0.15, 0.2) is 48.8 Å². The van der Waals surface area contributed by atoms with E-state index < -0.39 is 11.4 Å². The molecule has 0 unspecified atom stereocenters. The van der Waals surface area contributed by atoms with Crippen LogP contribution in [0.1, 0.15) is 29.1 Å². The van der Waals surface area contributed by atoms with Gasteiger partial charge >= 0.3 is 0 Å². The summed E-state index contributed by atoms with van der Waals surface area (Å²) >= 11 is 1.10. The molecule has 0 radical (unpaired) electrons. The van der Waals surface area contributed by atoms with Gasteiger partial charge in [-0.25, -0.2) is 9.97 Å². The molecule has 33 heavy (non-hydrogen) atoms. The summed E-state index contributed by atoms with van der Waals surface area (Å²) in [7, 11) is 0. The van der Waals surface area contributed by atoms with Gasteiger partial charge in [-0.1, -0.05) is 30.3 Å². The average Bonchev–Trinajstić information content (AvgIpc) is 3.14. The summed E-state index contributed by atoms with van der Waals surface area (Å²) in [5, 5.41) is 13.3. The second-order valence-corrected chi connectivity index (χ2v) is 9.13. The van der Waals surface area contributed by atoms with Crippen LogP contribution in [0.5, 0.6) is 5.75 Å². The number of hydrogen-bond acceptors (Lipinski definition) is 9. The van der Waals surface area contributed by atoms with Crippen molar-refractivity contribution in [2.45, 2.75) is 26.0 Å². The lowest BCUT2D eigenvalue weighted by Crippen LogP contribution is -2.35. The first-order valence-electron chi connectivity index (χ1n) is 10.2. The van der Waals surface area contributed by atoms with Crippen LogP contribution in [0.3, 0.4) is 0 Å². The van der Waals surface area contributed by atoms with Crippen molar-refractivity contribution in [3.05, 3.63) is 59.2 Å². The van der Waals surface area contributed by atoms with Crippen LogP contribution in [-0.2, 0) is 6.61 Å². The smallest absolute Gasteiger partial charge is 0.260 e. The predicted octanol–water partition coefficient (Wildman–Crippen LogP) is 3.20. The predicted molar refractivity (Wildman–Crippen MR) is 129 cm³/mol. The molecule has 0 bridgehead atoms. The Morgan fingerprint density at radius 2 is 1.97 bits per heavy atom. The van der Waals surface area contributed by atoms with Crippen LogP contribution in [0.4, 0.5) is 11.6 Å². The molecule has 0 fully saturated rings. The number of benzene rings is 1. The van der Waals surface area contributed by atoms with Crippen LogP contribution in [0, 0.1) is 0 Å². The van der Waals surface area contributed by atoms with E-state index in [2.05, 4.69) is 20.3 Å². The topological polar surface area (TPSA) is 149 Å². The summed E-state index contributed by atoms with van der Waals surface area (Å²) in [6, 6.07) is 11.6. The third-order valence-electron chi connectivity index (χ3n) is 4.89. The van der Waals surface area contributed by atoms with E-state index in [0.717, 1.165) is 16.9 Å². The van der Waals surface area contributed by atoms with Gasteiger partial charge < -0.3 is 26.6 Å². The summed E-state index contributed by atoms with van der Waals surface area (Å²) < 4.78 is 5.91. The van der Waals surface area contributed by atoms with Crippen molar-refractivity contribution in [2.75, 3.05) is 17.7 Å². The van der Waals surface area contributed by atoms with Gasteiger partial charge in [0, 0.05) is 11.8 Å². The molecule has 4 aromatic rings. The fraction of sp³-hybridized carbons (Fsp3) is 0.217. The molecule has 0 aliphatic carbocycles. The largest absolute Gasteiger partial charge is 0.487 e. The summed E-state index contributed by atoms with van der Waals surface area (Å²) in [6.45, 7) is 3.89. The number of rotatable bonds is 8. The number of primary amides is 1. The minimum atomic E-state index is -0.667. The highest BCUT2D eigenvalue weighted by Gasteiger charge is 2.24. The quantitative estimate of drug-likeness (QED) is 0.310. The summed E-state index contributed by atoms with van der Waals surface area (Å²) in [4.78, 5) is 26.0. The fourth-order valence-electron chi connectivity index (χ4n) is 3.18. The summed E-state index contributed by atoms with van der Waals surface area (Å²) in [5.74, 6) is 0.200. The highest BCUT2D eigenvalue weighted by atomic mass is 32.1. The molecule has 9 nitrogen and oxygen atoms in total. The van der Waals surface area contributed by atoms with Crippen LogP contribution in [0.2, 0.25) is 0 Å². The number of carbonyl (C=O) groups excluding carboxylic acids is 1. The standard InChI is InChI=1S/C23H24N6O3S/c1-23(2,12-30)29-22-27-18(16-17(24)19(20(25)31)33-21(16)28-22)14-8-15(10-26-9-14)32-11-13-6-4-3-5-7-13/h3-10,30H,11-12,24H2,1-2H3,(H2,25,31)(H,27,28,29). The zero-order valence-corrected chi connectivity index (χ0v) is 19.0. The third-order valence-corrected chi connectivity index (χ3v) is 6.01. The van der Waals surface area contributed by atoms with Gasteiger partial charge in [-0.3, -0.25) is 9.78 Å². The Balaban J connectivity index is 1.79. The Kier molecular flexibility index (Phi) is 6.12. The normalized spacial score (nSPS) is 11.5. The highest BCUT2D eigenvalue weighted by molar-refractivity contribution is 7.21. The first-order valence-corrected chi connectivity index (χ1v) is 11.0. The Bertz CT molecular complexity index is 1310. The number of fused-ring (bicyclic) bond motifs is 1. The second kappa shape index (κ2) is 9.00. The first kappa shape index (κ1) is 22.4. The number of nitrogens with one attached hydrogen (secondary N) is 1. The summed E-state index contributed by atoms with van der Waals surface area (Å²) in [6.07, 6.45) is 3.25. The lowest BCUT2D eigenvalue weighted by molar-refractivity contribution is 0.100. The Morgan fingerprint density at radius 1 is 1.21 bits per heavy atom. The molecule has 3 heterocycles. The average molecular weight is 465 g/mol. The van der Waals surface area contributed by atoms with E-state index in [1.807, 2.05) is 44.2 Å². The van der Waals surface area contributed by atoms with E-state index >= 15 is 0 Å². The van der Waals surface area contributed by atoms with Crippen molar-refractivity contribution in [3.8, 4) is 17.0 Å². The SMILES string of the molecule is CC(C)(CO)Nc1nc(-c2cncc(OCc3ccccc3)c2)c2c(N)c(C(N)=O)sc2n1. The number of aromatic nitrogens is 3. The van der Waals surface area contributed by atoms with Crippen molar-refractivity contribution in [3.63, 3.8) is 0 Å². The number of ether oxygens (including phenoxy) is 1. The van der Waals surface area contributed by atoms with E-state index in [9.17, 15) is 9.90 Å². The summed E-state index contributed by atoms with van der Waals surface area (Å²) in [5.41, 5.74) is 13.5. The number of pyridine rings is 1. The van der Waals surface area contributed by atoms with Crippen molar-refractivity contribution >= 4 is 39.1 Å². The van der Waals surface area contributed by atoms with Crippen LogP contribution in [0.25, 0.3) is 21.5 Å². The zero-order valence-electron chi connectivity index (χ0n) is 18.2. The zero-order chi connectivity index (χ0) is 23.6. The maximum Gasteiger partial charge on any atom is 0.260 e. The van der Waals surface area contributed by atoms with Crippen molar-refractivity contribution in [1.29, 1.82) is 0 Å². The molecule has 10 heteroatoms. The molecule has 4 rings (SSSR count). The lowest BCUT2D eigenvalue weighted by atomic mass is 10.1. The molecule has 0 aliphatic heterocycles. The van der Waals surface area contributed by atoms with Crippen LogP contribution in [-0.4, -0.2) is 38.1 Å². The molecule has 0 saturated carbocycles. The van der Waals surface area contributed by atoms with Crippen molar-refractivity contribution in [2.24, 2.45) is 5.73 Å². The first-order chi connectivity index (χ1) is 15.8. The van der Waals surface area contributed by atoms with E-state index in [1.54, 1.807) is 18.5 Å². The van der Waals surface area contributed by atoms with Gasteiger partial charge in [0.05, 0.1) is 35.1 Å². The maximum atomic E-state index is 11.9. The minimum Gasteiger partial charge on any atom is -0.487 e. The third kappa shape index (κ3) is 4.86. The molecular formula is C23H24N6O3S. The number of hydrogen-bond donors (Lipinski definition) is 4. The highest BCUT2D eigenvalue weighted by Crippen LogP contribution is 2.39. The van der Waals surface area contributed by atoms with Gasteiger partial charge in [0.15, 0.2) is 0 Å². The number of thiophene rings is 1. The van der Waals surface area contributed by atoms with Gasteiger partial charge in [-0.15, -0.1) is 11.3 Å². The van der Waals surface area contributed by atoms with E-state index in [0.29, 0.717) is 33.8 Å². The fourth-order valence-corrected chi connectivity index (χ4v) is 4.13. The number of carbonyl (C=O) groups is 1. The van der Waals surface area contributed by atoms with E-state index in [-0.39, 0.29) is 23.1 Å². The number of amides is 1. The number of aliphatic hydroxyl groups excluding tert-OH is 1. The molecule has 3 aromatic heterocycles. The molecule has 0 aliphatic rings. The number of nitrogens with two attached hydrogens (primary N) is 2. The molecule has 1 amide bonds. The number of anilines is 2. The number of nitrogens with zero attached hydrogens (tertiary/aromatic N) is 3. The van der Waals surface area contributed by atoms with Gasteiger partial charge in [0.2, 0.25) is 5.95 Å². The molecule has 0 saturated heterocycles. The van der Waals surface area contributed by atoms with Crippen LogP contribution >= 0.6 is 11.3 Å². The van der Waals surface area contributed by atoms with Crippen molar-refractivity contribution < 1.29 is 14.6 Å². The van der Waals surface area contributed by atoms with E-state index in [1.165, 1.54) is 0 Å². The molecule has 6 N–H and O–H groups in total. The van der Waals surface area contributed by atoms with Gasteiger partial charge in [-0.2, -0.15) is 0 Å². The molecule has 1 aromatic carbocycles. The molecular weight excluding hydrogens is 440 g/mol. The Labute approximate surface area is 194 Å². The van der Waals surface area contributed by atoms with Gasteiger partial charge in [0.25, 0.3) is 5.91 Å². The number of nitrogen functional groups attached to an aromatic ring is 1. The molecule has 0 spiro atoms. The Morgan fingerprint density at radius 3 is 2.67 bits per heavy atom. The molecule has 170 valence electrons. The minimum absolute atomic E-state index is 0.132. The lowest BCUT2D eigenvalue weighted by Gasteiger charge is -2.23.